The van der Waals surface area contributed by atoms with Crippen LogP contribution in [0.25, 0.3) is 0 Å². The maximum atomic E-state index is 12.2. The summed E-state index contributed by atoms with van der Waals surface area (Å²) in [5.74, 6) is 0. The van der Waals surface area contributed by atoms with Crippen molar-refractivity contribution in [3.8, 4) is 0 Å². The molecule has 1 fully saturated rings. The van der Waals surface area contributed by atoms with E-state index in [0.29, 0.717) is 19.1 Å². The predicted molar refractivity (Wildman–Crippen MR) is 64.1 cm³/mol. The minimum absolute atomic E-state index is 0.246. The molecule has 0 radical (unpaired) electrons. The average Bonchev–Trinajstić information content (AvgIpc) is 2.83. The van der Waals surface area contributed by atoms with Crippen LogP contribution in [-0.2, 0) is 10.0 Å². The summed E-state index contributed by atoms with van der Waals surface area (Å²) in [7, 11) is -3.35. The number of H-pyrrole nitrogens is 1. The second kappa shape index (κ2) is 4.75. The van der Waals surface area contributed by atoms with Gasteiger partial charge in [0.15, 0.2) is 0 Å². The van der Waals surface area contributed by atoms with E-state index in [9.17, 15) is 8.42 Å². The highest BCUT2D eigenvalue weighted by molar-refractivity contribution is 7.89. The van der Waals surface area contributed by atoms with E-state index >= 15 is 0 Å². The van der Waals surface area contributed by atoms with Gasteiger partial charge in [-0.15, -0.1) is 0 Å². The topological polar surface area (TPSA) is 69.3 Å². The standard InChI is InChI=1S/C10H18N4O2S/c1-9(2)13-3-5-14(6-4-13)17(15,16)10-7-11-12-8-10/h7-9H,3-6H2,1-2H3,(H,11,12). The Labute approximate surface area is 102 Å². The quantitative estimate of drug-likeness (QED) is 0.836. The van der Waals surface area contributed by atoms with E-state index in [1.807, 2.05) is 0 Å². The molecule has 0 amide bonds. The SMILES string of the molecule is CC(C)N1CCN(S(=O)(=O)c2cn[nH]c2)CC1. The highest BCUT2D eigenvalue weighted by Gasteiger charge is 2.29. The van der Waals surface area contributed by atoms with Gasteiger partial charge in [0.25, 0.3) is 0 Å². The van der Waals surface area contributed by atoms with Crippen molar-refractivity contribution in [1.82, 2.24) is 19.4 Å². The van der Waals surface area contributed by atoms with Crippen molar-refractivity contribution in [1.29, 1.82) is 0 Å². The first kappa shape index (κ1) is 12.5. The lowest BCUT2D eigenvalue weighted by Gasteiger charge is -2.35. The minimum Gasteiger partial charge on any atom is -0.298 e. The van der Waals surface area contributed by atoms with Crippen molar-refractivity contribution in [3.05, 3.63) is 12.4 Å². The van der Waals surface area contributed by atoms with Crippen LogP contribution >= 0.6 is 0 Å². The number of aromatic amines is 1. The number of nitrogens with one attached hydrogen (secondary N) is 1. The van der Waals surface area contributed by atoms with E-state index in [0.717, 1.165) is 13.1 Å². The molecule has 0 aromatic carbocycles. The Kier molecular flexibility index (Phi) is 3.50. The van der Waals surface area contributed by atoms with Crippen LogP contribution in [0.1, 0.15) is 13.8 Å². The zero-order valence-corrected chi connectivity index (χ0v) is 10.9. The highest BCUT2D eigenvalue weighted by Crippen LogP contribution is 2.16. The molecule has 1 aliphatic rings. The van der Waals surface area contributed by atoms with Crippen molar-refractivity contribution in [2.45, 2.75) is 24.8 Å². The first-order valence-corrected chi connectivity index (χ1v) is 7.19. The molecule has 0 spiro atoms. The lowest BCUT2D eigenvalue weighted by Crippen LogP contribution is -2.50. The van der Waals surface area contributed by atoms with Gasteiger partial charge in [-0.25, -0.2) is 8.42 Å². The summed E-state index contributed by atoms with van der Waals surface area (Å²) in [6, 6.07) is 0.466. The van der Waals surface area contributed by atoms with Gasteiger partial charge in [-0.1, -0.05) is 0 Å². The van der Waals surface area contributed by atoms with E-state index in [-0.39, 0.29) is 4.90 Å². The minimum atomic E-state index is -3.35. The smallest absolute Gasteiger partial charge is 0.246 e. The third-order valence-electron chi connectivity index (χ3n) is 3.11. The van der Waals surface area contributed by atoms with Crippen LogP contribution in [0.3, 0.4) is 0 Å². The molecular formula is C10H18N4O2S. The molecule has 0 aliphatic carbocycles. The normalized spacial score (nSPS) is 19.9. The van der Waals surface area contributed by atoms with Crippen LogP contribution in [0.15, 0.2) is 17.3 Å². The van der Waals surface area contributed by atoms with Gasteiger partial charge in [-0.3, -0.25) is 10.00 Å². The number of nitrogens with zero attached hydrogens (tertiary/aromatic N) is 3. The van der Waals surface area contributed by atoms with E-state index in [2.05, 4.69) is 28.9 Å². The van der Waals surface area contributed by atoms with Crippen molar-refractivity contribution < 1.29 is 8.42 Å². The second-order valence-electron chi connectivity index (χ2n) is 4.47. The fraction of sp³-hybridized carbons (Fsp3) is 0.700. The predicted octanol–water partition coefficient (Wildman–Crippen LogP) is 0.124. The lowest BCUT2D eigenvalue weighted by molar-refractivity contribution is 0.154. The Morgan fingerprint density at radius 2 is 1.94 bits per heavy atom. The van der Waals surface area contributed by atoms with E-state index in [4.69, 9.17) is 0 Å². The van der Waals surface area contributed by atoms with Crippen molar-refractivity contribution in [2.24, 2.45) is 0 Å². The summed E-state index contributed by atoms with van der Waals surface area (Å²) in [5.41, 5.74) is 0. The lowest BCUT2D eigenvalue weighted by atomic mass is 10.3. The van der Waals surface area contributed by atoms with Gasteiger partial charge in [0.2, 0.25) is 10.0 Å². The fourth-order valence-electron chi connectivity index (χ4n) is 1.99. The van der Waals surface area contributed by atoms with Gasteiger partial charge in [0.1, 0.15) is 4.90 Å². The molecule has 1 N–H and O–H groups in total. The highest BCUT2D eigenvalue weighted by atomic mass is 32.2. The van der Waals surface area contributed by atoms with Gasteiger partial charge in [-0.05, 0) is 13.8 Å². The van der Waals surface area contributed by atoms with Crippen LogP contribution in [-0.4, -0.2) is 60.0 Å². The summed E-state index contributed by atoms with van der Waals surface area (Å²) in [4.78, 5) is 2.52. The number of hydrogen-bond acceptors (Lipinski definition) is 4. The Balaban J connectivity index is 2.07. The Bertz CT molecular complexity index is 447. The molecule has 0 unspecified atom stereocenters. The molecule has 17 heavy (non-hydrogen) atoms. The molecule has 1 aromatic heterocycles. The molecule has 1 saturated heterocycles. The number of piperazine rings is 1. The monoisotopic (exact) mass is 258 g/mol. The molecule has 2 heterocycles. The molecule has 0 atom stereocenters. The number of rotatable bonds is 3. The van der Waals surface area contributed by atoms with Gasteiger partial charge >= 0.3 is 0 Å². The second-order valence-corrected chi connectivity index (χ2v) is 6.41. The Morgan fingerprint density at radius 1 is 1.29 bits per heavy atom. The molecule has 1 aliphatic heterocycles. The number of aromatic nitrogens is 2. The van der Waals surface area contributed by atoms with Gasteiger partial charge in [0.05, 0.1) is 6.20 Å². The van der Waals surface area contributed by atoms with Gasteiger partial charge in [-0.2, -0.15) is 9.40 Å². The Hall–Kier alpha value is -0.920. The third kappa shape index (κ3) is 2.51. The summed E-state index contributed by atoms with van der Waals surface area (Å²) in [6.07, 6.45) is 2.77. The average molecular weight is 258 g/mol. The zero-order valence-electron chi connectivity index (χ0n) is 10.1. The summed E-state index contributed by atoms with van der Waals surface area (Å²) in [5, 5.41) is 6.22. The van der Waals surface area contributed by atoms with Gasteiger partial charge in [0, 0.05) is 38.4 Å². The number of sulfonamides is 1. The number of hydrogen-bond donors (Lipinski definition) is 1. The molecule has 2 rings (SSSR count). The van der Waals surface area contributed by atoms with Crippen LogP contribution in [0.4, 0.5) is 0 Å². The van der Waals surface area contributed by atoms with Crippen molar-refractivity contribution in [3.63, 3.8) is 0 Å². The van der Waals surface area contributed by atoms with E-state index < -0.39 is 10.0 Å². The molecule has 6 nitrogen and oxygen atoms in total. The summed E-state index contributed by atoms with van der Waals surface area (Å²) < 4.78 is 25.9. The first-order valence-electron chi connectivity index (χ1n) is 5.75. The summed E-state index contributed by atoms with van der Waals surface area (Å²) in [6.45, 7) is 6.92. The van der Waals surface area contributed by atoms with Gasteiger partial charge < -0.3 is 0 Å². The third-order valence-corrected chi connectivity index (χ3v) is 4.98. The maximum absolute atomic E-state index is 12.2. The zero-order chi connectivity index (χ0) is 12.5. The van der Waals surface area contributed by atoms with E-state index in [1.54, 1.807) is 0 Å². The molecule has 0 bridgehead atoms. The van der Waals surface area contributed by atoms with Crippen LogP contribution < -0.4 is 0 Å². The summed E-state index contributed by atoms with van der Waals surface area (Å²) >= 11 is 0. The van der Waals surface area contributed by atoms with E-state index in [1.165, 1.54) is 16.7 Å². The molecule has 96 valence electrons. The van der Waals surface area contributed by atoms with Crippen molar-refractivity contribution >= 4 is 10.0 Å². The largest absolute Gasteiger partial charge is 0.298 e. The molecule has 0 saturated carbocycles. The van der Waals surface area contributed by atoms with Crippen LogP contribution in [0.2, 0.25) is 0 Å². The van der Waals surface area contributed by atoms with Crippen molar-refractivity contribution in [2.75, 3.05) is 26.2 Å². The Morgan fingerprint density at radius 3 is 2.41 bits per heavy atom. The van der Waals surface area contributed by atoms with Crippen LogP contribution in [0, 0.1) is 0 Å². The maximum Gasteiger partial charge on any atom is 0.246 e. The molecule has 1 aromatic rings. The van der Waals surface area contributed by atoms with Crippen LogP contribution in [0.5, 0.6) is 0 Å². The fourth-order valence-corrected chi connectivity index (χ4v) is 3.32. The molecule has 7 heteroatoms. The first-order chi connectivity index (χ1) is 8.01. The molecular weight excluding hydrogens is 240 g/mol.